The van der Waals surface area contributed by atoms with Crippen molar-refractivity contribution in [3.63, 3.8) is 0 Å². The lowest BCUT2D eigenvalue weighted by Crippen LogP contribution is -2.25. The molecular weight excluding hydrogens is 216 g/mol. The Balaban J connectivity index is 1.90. The van der Waals surface area contributed by atoms with E-state index in [1.54, 1.807) is 7.11 Å². The van der Waals surface area contributed by atoms with E-state index in [1.165, 1.54) is 12.8 Å². The van der Waals surface area contributed by atoms with Gasteiger partial charge in [-0.25, -0.2) is 4.98 Å². The third-order valence-electron chi connectivity index (χ3n) is 3.28. The van der Waals surface area contributed by atoms with E-state index in [1.807, 2.05) is 18.2 Å². The van der Waals surface area contributed by atoms with Gasteiger partial charge in [0, 0.05) is 12.5 Å². The third-order valence-corrected chi connectivity index (χ3v) is 3.28. The van der Waals surface area contributed by atoms with Crippen LogP contribution in [0.15, 0.2) is 22.6 Å². The SMILES string of the molecule is COc1cccc2oc(CC(N)C3CC3)nc12. The molecule has 1 aromatic heterocycles. The van der Waals surface area contributed by atoms with Gasteiger partial charge in [-0.05, 0) is 30.9 Å². The molecule has 0 amide bonds. The second kappa shape index (κ2) is 4.04. The predicted molar refractivity (Wildman–Crippen MR) is 65.0 cm³/mol. The maximum atomic E-state index is 6.07. The minimum Gasteiger partial charge on any atom is -0.494 e. The zero-order chi connectivity index (χ0) is 11.8. The zero-order valence-corrected chi connectivity index (χ0v) is 9.85. The van der Waals surface area contributed by atoms with Crippen molar-refractivity contribution in [1.82, 2.24) is 4.98 Å². The van der Waals surface area contributed by atoms with E-state index in [9.17, 15) is 0 Å². The Morgan fingerprint density at radius 1 is 1.53 bits per heavy atom. The van der Waals surface area contributed by atoms with Crippen LogP contribution >= 0.6 is 0 Å². The number of benzene rings is 1. The Bertz CT molecular complexity index is 531. The first-order valence-electron chi connectivity index (χ1n) is 5.96. The van der Waals surface area contributed by atoms with Crippen LogP contribution in [0.2, 0.25) is 0 Å². The number of hydrogen-bond acceptors (Lipinski definition) is 4. The quantitative estimate of drug-likeness (QED) is 0.877. The van der Waals surface area contributed by atoms with Crippen LogP contribution in [0, 0.1) is 5.92 Å². The van der Waals surface area contributed by atoms with Crippen molar-refractivity contribution in [1.29, 1.82) is 0 Å². The van der Waals surface area contributed by atoms with E-state index < -0.39 is 0 Å². The molecular formula is C13H16N2O2. The lowest BCUT2D eigenvalue weighted by molar-refractivity contribution is 0.419. The highest BCUT2D eigenvalue weighted by atomic mass is 16.5. The van der Waals surface area contributed by atoms with Crippen LogP contribution in [0.25, 0.3) is 11.1 Å². The average Bonchev–Trinajstić information content (AvgIpc) is 3.09. The molecule has 0 radical (unpaired) electrons. The highest BCUT2D eigenvalue weighted by molar-refractivity contribution is 5.79. The van der Waals surface area contributed by atoms with E-state index >= 15 is 0 Å². The Hall–Kier alpha value is -1.55. The van der Waals surface area contributed by atoms with Crippen LogP contribution in [-0.4, -0.2) is 18.1 Å². The van der Waals surface area contributed by atoms with Crippen LogP contribution in [-0.2, 0) is 6.42 Å². The first kappa shape index (κ1) is 10.6. The van der Waals surface area contributed by atoms with Gasteiger partial charge in [0.1, 0.15) is 5.75 Å². The number of rotatable bonds is 4. The molecule has 1 aliphatic carbocycles. The van der Waals surface area contributed by atoms with Gasteiger partial charge < -0.3 is 14.9 Å². The zero-order valence-electron chi connectivity index (χ0n) is 9.85. The van der Waals surface area contributed by atoms with Gasteiger partial charge in [-0.3, -0.25) is 0 Å². The number of para-hydroxylation sites is 1. The lowest BCUT2D eigenvalue weighted by Gasteiger charge is -2.05. The highest BCUT2D eigenvalue weighted by Crippen LogP contribution is 2.33. The molecule has 4 nitrogen and oxygen atoms in total. The summed E-state index contributed by atoms with van der Waals surface area (Å²) in [6, 6.07) is 5.86. The topological polar surface area (TPSA) is 61.3 Å². The summed E-state index contributed by atoms with van der Waals surface area (Å²) in [5, 5.41) is 0. The molecule has 17 heavy (non-hydrogen) atoms. The van der Waals surface area contributed by atoms with E-state index in [0.29, 0.717) is 18.2 Å². The molecule has 1 fully saturated rings. The summed E-state index contributed by atoms with van der Waals surface area (Å²) >= 11 is 0. The molecule has 2 N–H and O–H groups in total. The van der Waals surface area contributed by atoms with Gasteiger partial charge in [0.25, 0.3) is 0 Å². The van der Waals surface area contributed by atoms with Crippen LogP contribution in [0.5, 0.6) is 5.75 Å². The molecule has 0 bridgehead atoms. The fourth-order valence-electron chi connectivity index (χ4n) is 2.11. The number of aromatic nitrogens is 1. The Morgan fingerprint density at radius 3 is 3.06 bits per heavy atom. The van der Waals surface area contributed by atoms with Crippen molar-refractivity contribution in [3.05, 3.63) is 24.1 Å². The molecule has 0 spiro atoms. The second-order valence-corrected chi connectivity index (χ2v) is 4.62. The molecule has 4 heteroatoms. The van der Waals surface area contributed by atoms with Crippen LogP contribution in [0.1, 0.15) is 18.7 Å². The van der Waals surface area contributed by atoms with Crippen molar-refractivity contribution in [3.8, 4) is 5.75 Å². The molecule has 0 saturated heterocycles. The van der Waals surface area contributed by atoms with Gasteiger partial charge in [-0.1, -0.05) is 6.07 Å². The second-order valence-electron chi connectivity index (χ2n) is 4.62. The number of oxazole rings is 1. The first-order chi connectivity index (χ1) is 8.28. The van der Waals surface area contributed by atoms with Gasteiger partial charge >= 0.3 is 0 Å². The molecule has 90 valence electrons. The molecule has 1 aromatic carbocycles. The van der Waals surface area contributed by atoms with Gasteiger partial charge in [0.15, 0.2) is 17.0 Å². The highest BCUT2D eigenvalue weighted by Gasteiger charge is 2.29. The molecule has 2 aromatic rings. The molecule has 1 unspecified atom stereocenters. The largest absolute Gasteiger partial charge is 0.494 e. The van der Waals surface area contributed by atoms with E-state index in [0.717, 1.165) is 16.8 Å². The van der Waals surface area contributed by atoms with Gasteiger partial charge in [0.2, 0.25) is 0 Å². The minimum atomic E-state index is 0.175. The predicted octanol–water partition coefficient (Wildman–Crippen LogP) is 2.12. The summed E-state index contributed by atoms with van der Waals surface area (Å²) in [5.74, 6) is 2.12. The number of hydrogen-bond donors (Lipinski definition) is 1. The molecule has 1 atom stereocenters. The van der Waals surface area contributed by atoms with Crippen molar-refractivity contribution < 1.29 is 9.15 Å². The van der Waals surface area contributed by atoms with Gasteiger partial charge in [-0.2, -0.15) is 0 Å². The molecule has 1 aliphatic rings. The normalized spacial score (nSPS) is 17.3. The minimum absolute atomic E-state index is 0.175. The van der Waals surface area contributed by atoms with Gasteiger partial charge in [-0.15, -0.1) is 0 Å². The summed E-state index contributed by atoms with van der Waals surface area (Å²) in [6.45, 7) is 0. The fraction of sp³-hybridized carbons (Fsp3) is 0.462. The summed E-state index contributed by atoms with van der Waals surface area (Å²) in [7, 11) is 1.64. The van der Waals surface area contributed by atoms with Crippen molar-refractivity contribution >= 4 is 11.1 Å². The lowest BCUT2D eigenvalue weighted by atomic mass is 10.1. The smallest absolute Gasteiger partial charge is 0.197 e. The van der Waals surface area contributed by atoms with Crippen molar-refractivity contribution in [2.75, 3.05) is 7.11 Å². The number of methoxy groups -OCH3 is 1. The maximum Gasteiger partial charge on any atom is 0.197 e. The number of ether oxygens (including phenoxy) is 1. The Kier molecular flexibility index (Phi) is 2.52. The monoisotopic (exact) mass is 232 g/mol. The molecule has 0 aliphatic heterocycles. The van der Waals surface area contributed by atoms with E-state index in [4.69, 9.17) is 14.9 Å². The number of nitrogens with two attached hydrogens (primary N) is 1. The summed E-state index contributed by atoms with van der Waals surface area (Å²) < 4.78 is 10.9. The first-order valence-corrected chi connectivity index (χ1v) is 5.96. The fourth-order valence-corrected chi connectivity index (χ4v) is 2.11. The number of fused-ring (bicyclic) bond motifs is 1. The van der Waals surface area contributed by atoms with Crippen LogP contribution < -0.4 is 10.5 Å². The average molecular weight is 232 g/mol. The third kappa shape index (κ3) is 2.00. The Labute approximate surface area is 99.8 Å². The van der Waals surface area contributed by atoms with Gasteiger partial charge in [0.05, 0.1) is 7.11 Å². The van der Waals surface area contributed by atoms with E-state index in [2.05, 4.69) is 4.98 Å². The molecule has 3 rings (SSSR count). The Morgan fingerprint density at radius 2 is 2.35 bits per heavy atom. The standard InChI is InChI=1S/C13H16N2O2/c1-16-10-3-2-4-11-13(10)15-12(17-11)7-9(14)8-5-6-8/h2-4,8-9H,5-7,14H2,1H3. The van der Waals surface area contributed by atoms with Crippen molar-refractivity contribution in [2.45, 2.75) is 25.3 Å². The van der Waals surface area contributed by atoms with Crippen molar-refractivity contribution in [2.24, 2.45) is 11.7 Å². The summed E-state index contributed by atoms with van der Waals surface area (Å²) in [4.78, 5) is 4.46. The molecule has 1 heterocycles. The van der Waals surface area contributed by atoms with Crippen LogP contribution in [0.3, 0.4) is 0 Å². The summed E-state index contributed by atoms with van der Waals surface area (Å²) in [5.41, 5.74) is 7.62. The maximum absolute atomic E-state index is 6.07. The number of nitrogens with zero attached hydrogens (tertiary/aromatic N) is 1. The van der Waals surface area contributed by atoms with Crippen LogP contribution in [0.4, 0.5) is 0 Å². The molecule has 1 saturated carbocycles. The van der Waals surface area contributed by atoms with E-state index in [-0.39, 0.29) is 6.04 Å². The summed E-state index contributed by atoms with van der Waals surface area (Å²) in [6.07, 6.45) is 3.19.